The third kappa shape index (κ3) is 8.31. The zero-order valence-electron chi connectivity index (χ0n) is 14.0. The van der Waals surface area contributed by atoms with Gasteiger partial charge in [-0.05, 0) is 45.7 Å². The fraction of sp³-hybridized carbons (Fsp3) is 0.556. The maximum atomic E-state index is 11.7. The van der Waals surface area contributed by atoms with E-state index in [2.05, 4.69) is 22.1 Å². The molecule has 1 N–H and O–H groups in total. The van der Waals surface area contributed by atoms with Gasteiger partial charge in [-0.2, -0.15) is 0 Å². The van der Waals surface area contributed by atoms with E-state index in [4.69, 9.17) is 4.74 Å². The van der Waals surface area contributed by atoms with Gasteiger partial charge in [0.15, 0.2) is 0 Å². The summed E-state index contributed by atoms with van der Waals surface area (Å²) < 4.78 is 5.26. The summed E-state index contributed by atoms with van der Waals surface area (Å²) in [6.45, 7) is 7.62. The molecule has 0 radical (unpaired) electrons. The Morgan fingerprint density at radius 3 is 2.73 bits per heavy atom. The van der Waals surface area contributed by atoms with Crippen molar-refractivity contribution in [1.29, 1.82) is 0 Å². The molecule has 1 unspecified atom stereocenters. The molecule has 120 valence electrons. The average Bonchev–Trinajstić information content (AvgIpc) is 2.44. The van der Waals surface area contributed by atoms with Crippen LogP contribution in [-0.4, -0.2) is 22.7 Å². The molecule has 0 saturated heterocycles. The molecule has 4 heteroatoms. The van der Waals surface area contributed by atoms with E-state index in [9.17, 15) is 4.79 Å². The Hall–Kier alpha value is -2.02. The number of carbonyl (C=O) groups excluding carboxylic acids is 1. The molecule has 0 aromatic carbocycles. The predicted molar refractivity (Wildman–Crippen MR) is 88.4 cm³/mol. The molecule has 0 spiro atoms. The van der Waals surface area contributed by atoms with Gasteiger partial charge < -0.3 is 10.1 Å². The van der Waals surface area contributed by atoms with Crippen molar-refractivity contribution >= 4 is 6.09 Å². The van der Waals surface area contributed by atoms with E-state index in [0.29, 0.717) is 6.42 Å². The minimum absolute atomic E-state index is 0.0963. The third-order valence-corrected chi connectivity index (χ3v) is 2.95. The van der Waals surface area contributed by atoms with Crippen LogP contribution in [0.15, 0.2) is 24.4 Å². The average molecular weight is 302 g/mol. The zero-order chi connectivity index (χ0) is 16.4. The first-order chi connectivity index (χ1) is 10.4. The molecule has 0 fully saturated rings. The Kier molecular flexibility index (Phi) is 7.45. The second-order valence-electron chi connectivity index (χ2n) is 6.14. The van der Waals surface area contributed by atoms with Gasteiger partial charge in [0, 0.05) is 18.7 Å². The maximum Gasteiger partial charge on any atom is 0.407 e. The minimum Gasteiger partial charge on any atom is -0.444 e. The summed E-state index contributed by atoms with van der Waals surface area (Å²) >= 11 is 0. The summed E-state index contributed by atoms with van der Waals surface area (Å²) in [6, 6.07) is 5.92. The second-order valence-corrected chi connectivity index (χ2v) is 6.14. The van der Waals surface area contributed by atoms with Crippen molar-refractivity contribution in [2.75, 3.05) is 0 Å². The highest BCUT2D eigenvalue weighted by Gasteiger charge is 2.18. The minimum atomic E-state index is -0.467. The number of carbonyl (C=O) groups is 1. The van der Waals surface area contributed by atoms with Crippen LogP contribution in [0.1, 0.15) is 52.7 Å². The first-order valence-corrected chi connectivity index (χ1v) is 7.76. The molecule has 22 heavy (non-hydrogen) atoms. The van der Waals surface area contributed by atoms with Gasteiger partial charge in [-0.25, -0.2) is 4.79 Å². The number of rotatable bonds is 5. The lowest BCUT2D eigenvalue weighted by molar-refractivity contribution is 0.0501. The zero-order valence-corrected chi connectivity index (χ0v) is 14.0. The highest BCUT2D eigenvalue weighted by molar-refractivity contribution is 5.68. The molecule has 4 nitrogen and oxygen atoms in total. The van der Waals surface area contributed by atoms with Crippen LogP contribution in [0.2, 0.25) is 0 Å². The molecule has 1 aromatic rings. The van der Waals surface area contributed by atoms with E-state index in [1.807, 2.05) is 45.9 Å². The molecule has 0 aliphatic rings. The van der Waals surface area contributed by atoms with Crippen molar-refractivity contribution in [1.82, 2.24) is 10.3 Å². The van der Waals surface area contributed by atoms with Crippen molar-refractivity contribution in [2.45, 2.75) is 65.0 Å². The largest absolute Gasteiger partial charge is 0.444 e. The Bertz CT molecular complexity index is 509. The molecule has 1 aromatic heterocycles. The first kappa shape index (κ1) is 18.0. The summed E-state index contributed by atoms with van der Waals surface area (Å²) in [7, 11) is 0. The molecule has 1 atom stereocenters. The lowest BCUT2D eigenvalue weighted by Crippen LogP contribution is -2.38. The van der Waals surface area contributed by atoms with E-state index in [0.717, 1.165) is 25.0 Å². The van der Waals surface area contributed by atoms with Crippen LogP contribution in [0.3, 0.4) is 0 Å². The number of aromatic nitrogens is 1. The monoisotopic (exact) mass is 302 g/mol. The maximum absolute atomic E-state index is 11.7. The number of ether oxygens (including phenoxy) is 1. The summed E-state index contributed by atoms with van der Waals surface area (Å²) in [5.41, 5.74) is 0.513. The van der Waals surface area contributed by atoms with Crippen LogP contribution in [0, 0.1) is 11.8 Å². The SMILES string of the molecule is CCC(CCC#CCc1ccccn1)NC(=O)OC(C)(C)C. The molecule has 0 aliphatic carbocycles. The lowest BCUT2D eigenvalue weighted by atomic mass is 10.1. The number of hydrogen-bond acceptors (Lipinski definition) is 3. The van der Waals surface area contributed by atoms with Gasteiger partial charge in [-0.1, -0.05) is 18.9 Å². The lowest BCUT2D eigenvalue weighted by Gasteiger charge is -2.22. The van der Waals surface area contributed by atoms with Gasteiger partial charge in [0.2, 0.25) is 0 Å². The number of alkyl carbamates (subject to hydrolysis) is 1. The number of hydrogen-bond donors (Lipinski definition) is 1. The summed E-state index contributed by atoms with van der Waals surface area (Å²) in [5, 5.41) is 2.89. The van der Waals surface area contributed by atoms with Crippen LogP contribution in [-0.2, 0) is 11.2 Å². The Labute approximate surface area is 133 Å². The van der Waals surface area contributed by atoms with Crippen molar-refractivity contribution in [2.24, 2.45) is 0 Å². The van der Waals surface area contributed by atoms with Gasteiger partial charge in [0.25, 0.3) is 0 Å². The Balaban J connectivity index is 2.31. The number of nitrogens with zero attached hydrogens (tertiary/aromatic N) is 1. The summed E-state index contributed by atoms with van der Waals surface area (Å²) in [4.78, 5) is 15.9. The number of amides is 1. The fourth-order valence-electron chi connectivity index (χ4n) is 1.84. The highest BCUT2D eigenvalue weighted by atomic mass is 16.6. The normalized spacial score (nSPS) is 12.0. The summed E-state index contributed by atoms with van der Waals surface area (Å²) in [6.07, 6.45) is 4.51. The van der Waals surface area contributed by atoms with E-state index < -0.39 is 5.60 Å². The van der Waals surface area contributed by atoms with Crippen LogP contribution in [0.4, 0.5) is 4.79 Å². The molecule has 1 amide bonds. The van der Waals surface area contributed by atoms with Crippen LogP contribution >= 0.6 is 0 Å². The smallest absolute Gasteiger partial charge is 0.407 e. The van der Waals surface area contributed by atoms with Crippen molar-refractivity contribution in [3.8, 4) is 11.8 Å². The van der Waals surface area contributed by atoms with Crippen LogP contribution in [0.5, 0.6) is 0 Å². The third-order valence-electron chi connectivity index (χ3n) is 2.95. The predicted octanol–water partition coefficient (Wildman–Crippen LogP) is 3.71. The van der Waals surface area contributed by atoms with Gasteiger partial charge >= 0.3 is 6.09 Å². The fourth-order valence-corrected chi connectivity index (χ4v) is 1.84. The molecule has 1 rings (SSSR count). The van der Waals surface area contributed by atoms with Crippen LogP contribution < -0.4 is 5.32 Å². The molecular weight excluding hydrogens is 276 g/mol. The van der Waals surface area contributed by atoms with Crippen molar-refractivity contribution in [3.05, 3.63) is 30.1 Å². The van der Waals surface area contributed by atoms with E-state index in [1.165, 1.54) is 0 Å². The van der Waals surface area contributed by atoms with Gasteiger partial charge in [-0.3, -0.25) is 4.98 Å². The Morgan fingerprint density at radius 2 is 2.14 bits per heavy atom. The van der Waals surface area contributed by atoms with E-state index in [1.54, 1.807) is 6.20 Å². The molecule has 1 heterocycles. The van der Waals surface area contributed by atoms with Gasteiger partial charge in [0.1, 0.15) is 5.60 Å². The number of pyridine rings is 1. The van der Waals surface area contributed by atoms with Gasteiger partial charge in [-0.15, -0.1) is 5.92 Å². The number of nitrogens with one attached hydrogen (secondary N) is 1. The topological polar surface area (TPSA) is 51.2 Å². The highest BCUT2D eigenvalue weighted by Crippen LogP contribution is 2.08. The first-order valence-electron chi connectivity index (χ1n) is 7.76. The molecule has 0 aliphatic heterocycles. The van der Waals surface area contributed by atoms with E-state index >= 15 is 0 Å². The Morgan fingerprint density at radius 1 is 1.36 bits per heavy atom. The van der Waals surface area contributed by atoms with Crippen LogP contribution in [0.25, 0.3) is 0 Å². The van der Waals surface area contributed by atoms with Crippen molar-refractivity contribution in [3.63, 3.8) is 0 Å². The van der Waals surface area contributed by atoms with Gasteiger partial charge in [0.05, 0.1) is 12.1 Å². The summed E-state index contributed by atoms with van der Waals surface area (Å²) in [5.74, 6) is 6.25. The molecule has 0 saturated carbocycles. The molecule has 0 bridgehead atoms. The van der Waals surface area contributed by atoms with Crippen molar-refractivity contribution < 1.29 is 9.53 Å². The second kappa shape index (κ2) is 9.09. The standard InChI is InChI=1S/C18H26N2O2/c1-5-15(20-17(21)22-18(2,3)4)11-7-6-8-12-16-13-9-10-14-19-16/h9-10,13-15H,5,7,11-12H2,1-4H3,(H,20,21). The quantitative estimate of drug-likeness (QED) is 0.844. The van der Waals surface area contributed by atoms with E-state index in [-0.39, 0.29) is 12.1 Å². The molecular formula is C18H26N2O2.